The van der Waals surface area contributed by atoms with Crippen molar-refractivity contribution in [1.29, 1.82) is 0 Å². The molecule has 1 unspecified atom stereocenters. The van der Waals surface area contributed by atoms with Crippen LogP contribution in [0.3, 0.4) is 0 Å². The molecule has 0 saturated carbocycles. The maximum atomic E-state index is 13.1. The van der Waals surface area contributed by atoms with Crippen LogP contribution in [0.4, 0.5) is 0 Å². The first-order chi connectivity index (χ1) is 27.9. The van der Waals surface area contributed by atoms with Crippen molar-refractivity contribution >= 4 is 61.0 Å². The number of rotatable bonds is 8. The topological polar surface area (TPSA) is 200 Å². The standard InChI is InChI=1S/C43H35N7O7S/c1-44-40(52)32-22-48-39-30(32)17-27(19-37(39)58(2,56)57)28-10-6-9-25-18-35(47-21-31(25)28)26-12-13-34(46-20-26)41(53)45-16-4-3-7-24-8-5-11-29-33(24)23-50(43(29)55)36-14-15-38(51)49-42(36)54/h5-6,8-13,17-22,36,48H,4,14-16,23H2,1-2H3,(H,44,52)(H,45,53)(H,49,51,54). The first-order valence-corrected chi connectivity index (χ1v) is 20.3. The zero-order chi connectivity index (χ0) is 40.7. The van der Waals surface area contributed by atoms with Crippen molar-refractivity contribution in [3.05, 3.63) is 113 Å². The van der Waals surface area contributed by atoms with Gasteiger partial charge in [-0.25, -0.2) is 8.42 Å². The molecular weight excluding hydrogens is 759 g/mol. The summed E-state index contributed by atoms with van der Waals surface area (Å²) in [6, 6.07) is 18.9. The number of piperidine rings is 1. The second-order valence-electron chi connectivity index (χ2n) is 14.0. The summed E-state index contributed by atoms with van der Waals surface area (Å²) in [4.78, 5) is 76.2. The summed E-state index contributed by atoms with van der Waals surface area (Å²) in [7, 11) is -2.15. The maximum Gasteiger partial charge on any atom is 0.269 e. The fourth-order valence-electron chi connectivity index (χ4n) is 7.42. The van der Waals surface area contributed by atoms with Crippen molar-refractivity contribution in [3.8, 4) is 34.2 Å². The SMILES string of the molecule is CNC(=O)c1c[nH]c2c(S(C)(=O)=O)cc(-c3cccc4cc(-c5ccc(C(=O)NCCC#Cc6cccc7c6CN(C6CCC(=O)NC6=O)C7=O)nc5)ncc34)cc12. The third-order valence-corrected chi connectivity index (χ3v) is 11.5. The fourth-order valence-corrected chi connectivity index (χ4v) is 8.30. The molecule has 0 radical (unpaired) electrons. The first-order valence-electron chi connectivity index (χ1n) is 18.4. The number of imide groups is 1. The molecule has 2 aliphatic rings. The molecule has 58 heavy (non-hydrogen) atoms. The molecule has 1 atom stereocenters. The van der Waals surface area contributed by atoms with E-state index in [1.54, 1.807) is 48.8 Å². The number of aromatic amines is 1. The summed E-state index contributed by atoms with van der Waals surface area (Å²) in [6.45, 7) is 0.483. The van der Waals surface area contributed by atoms with Gasteiger partial charge in [0.1, 0.15) is 11.7 Å². The van der Waals surface area contributed by atoms with E-state index in [9.17, 15) is 32.4 Å². The van der Waals surface area contributed by atoms with E-state index in [0.29, 0.717) is 50.8 Å². The van der Waals surface area contributed by atoms with Gasteiger partial charge in [0, 0.05) is 85.3 Å². The van der Waals surface area contributed by atoms with Crippen LogP contribution in [-0.2, 0) is 26.0 Å². The number of carbonyl (C=O) groups excluding carboxylic acids is 5. The molecule has 8 rings (SSSR count). The highest BCUT2D eigenvalue weighted by molar-refractivity contribution is 7.91. The molecule has 6 aromatic rings. The Balaban J connectivity index is 0.938. The van der Waals surface area contributed by atoms with Crippen LogP contribution in [0.5, 0.6) is 0 Å². The molecule has 5 amide bonds. The van der Waals surface area contributed by atoms with Crippen LogP contribution >= 0.6 is 0 Å². The summed E-state index contributed by atoms with van der Waals surface area (Å²) in [5.41, 5.74) is 5.43. The predicted octanol–water partition coefficient (Wildman–Crippen LogP) is 4.14. The minimum atomic E-state index is -3.66. The Morgan fingerprint density at radius 3 is 2.50 bits per heavy atom. The van der Waals surface area contributed by atoms with Crippen molar-refractivity contribution in [2.24, 2.45) is 0 Å². The third-order valence-electron chi connectivity index (χ3n) is 10.3. The smallest absolute Gasteiger partial charge is 0.269 e. The lowest BCUT2D eigenvalue weighted by Gasteiger charge is -2.29. The van der Waals surface area contributed by atoms with Gasteiger partial charge in [-0.1, -0.05) is 36.1 Å². The molecule has 3 aromatic carbocycles. The van der Waals surface area contributed by atoms with Gasteiger partial charge < -0.3 is 20.5 Å². The zero-order valence-corrected chi connectivity index (χ0v) is 32.1. The normalized spacial score (nSPS) is 15.2. The minimum absolute atomic E-state index is 0.0790. The molecule has 4 N–H and O–H groups in total. The van der Waals surface area contributed by atoms with Gasteiger partial charge in [0.2, 0.25) is 11.8 Å². The predicted molar refractivity (Wildman–Crippen MR) is 215 cm³/mol. The number of nitrogens with zero attached hydrogens (tertiary/aromatic N) is 3. The van der Waals surface area contributed by atoms with E-state index in [0.717, 1.165) is 28.2 Å². The summed E-state index contributed by atoms with van der Waals surface area (Å²) in [5, 5.41) is 9.83. The van der Waals surface area contributed by atoms with Gasteiger partial charge in [-0.15, -0.1) is 0 Å². The summed E-state index contributed by atoms with van der Waals surface area (Å²) < 4.78 is 25.7. The van der Waals surface area contributed by atoms with Crippen LogP contribution in [0, 0.1) is 11.8 Å². The van der Waals surface area contributed by atoms with E-state index < -0.39 is 21.8 Å². The Morgan fingerprint density at radius 1 is 0.931 bits per heavy atom. The molecule has 1 saturated heterocycles. The number of nitrogens with one attached hydrogen (secondary N) is 4. The molecule has 3 aromatic heterocycles. The molecule has 0 aliphatic carbocycles. The lowest BCUT2D eigenvalue weighted by molar-refractivity contribution is -0.136. The number of benzene rings is 3. The van der Waals surface area contributed by atoms with Crippen molar-refractivity contribution in [2.75, 3.05) is 19.8 Å². The number of aromatic nitrogens is 3. The number of amides is 5. The molecule has 0 spiro atoms. The molecule has 5 heterocycles. The van der Waals surface area contributed by atoms with Gasteiger partial charge in [-0.2, -0.15) is 0 Å². The molecular formula is C43H35N7O7S. The lowest BCUT2D eigenvalue weighted by atomic mass is 9.97. The summed E-state index contributed by atoms with van der Waals surface area (Å²) in [5.74, 6) is 4.36. The van der Waals surface area contributed by atoms with Gasteiger partial charge in [0.05, 0.1) is 21.7 Å². The van der Waals surface area contributed by atoms with Crippen LogP contribution in [0.1, 0.15) is 61.6 Å². The number of fused-ring (bicyclic) bond motifs is 3. The number of pyridine rings is 2. The van der Waals surface area contributed by atoms with E-state index in [-0.39, 0.29) is 60.1 Å². The van der Waals surface area contributed by atoms with E-state index >= 15 is 0 Å². The Kier molecular flexibility index (Phi) is 9.79. The molecule has 2 aliphatic heterocycles. The number of sulfone groups is 1. The van der Waals surface area contributed by atoms with Crippen LogP contribution in [0.2, 0.25) is 0 Å². The van der Waals surface area contributed by atoms with Gasteiger partial charge in [-0.05, 0) is 71.0 Å². The highest BCUT2D eigenvalue weighted by Gasteiger charge is 2.39. The third kappa shape index (κ3) is 7.05. The second kappa shape index (κ2) is 15.1. The molecule has 15 heteroatoms. The number of hydrogen-bond acceptors (Lipinski definition) is 9. The van der Waals surface area contributed by atoms with Crippen LogP contribution < -0.4 is 16.0 Å². The van der Waals surface area contributed by atoms with Crippen LogP contribution in [0.15, 0.2) is 90.2 Å². The zero-order valence-electron chi connectivity index (χ0n) is 31.3. The Hall–Kier alpha value is -7.18. The van der Waals surface area contributed by atoms with Crippen LogP contribution in [-0.4, -0.2) is 83.7 Å². The number of H-pyrrole nitrogens is 1. The largest absolute Gasteiger partial charge is 0.359 e. The average molecular weight is 794 g/mol. The fraction of sp³-hybridized carbons (Fsp3) is 0.186. The maximum absolute atomic E-state index is 13.1. The van der Waals surface area contributed by atoms with Crippen molar-refractivity contribution in [2.45, 2.75) is 36.7 Å². The summed E-state index contributed by atoms with van der Waals surface area (Å²) in [6.07, 6.45) is 6.70. The van der Waals surface area contributed by atoms with Gasteiger partial charge >= 0.3 is 0 Å². The van der Waals surface area contributed by atoms with Crippen LogP contribution in [0.25, 0.3) is 44.1 Å². The van der Waals surface area contributed by atoms with E-state index in [1.807, 2.05) is 30.3 Å². The quantitative estimate of drug-likeness (QED) is 0.0994. The highest BCUT2D eigenvalue weighted by Crippen LogP contribution is 2.36. The lowest BCUT2D eigenvalue weighted by Crippen LogP contribution is -2.52. The molecule has 0 bridgehead atoms. The van der Waals surface area contributed by atoms with Crippen molar-refractivity contribution in [3.63, 3.8) is 0 Å². The van der Waals surface area contributed by atoms with Gasteiger partial charge in [0.25, 0.3) is 17.7 Å². The average Bonchev–Trinajstić information content (AvgIpc) is 3.80. The summed E-state index contributed by atoms with van der Waals surface area (Å²) >= 11 is 0. The first kappa shape index (κ1) is 37.7. The van der Waals surface area contributed by atoms with Gasteiger partial charge in [0.15, 0.2) is 9.84 Å². The highest BCUT2D eigenvalue weighted by atomic mass is 32.2. The van der Waals surface area contributed by atoms with Crippen molar-refractivity contribution < 1.29 is 32.4 Å². The molecule has 1 fully saturated rings. The Labute approximate surface area is 332 Å². The number of carbonyl (C=O) groups is 5. The Bertz CT molecular complexity index is 2910. The Morgan fingerprint density at radius 2 is 1.74 bits per heavy atom. The van der Waals surface area contributed by atoms with E-state index in [2.05, 4.69) is 42.7 Å². The van der Waals surface area contributed by atoms with Gasteiger partial charge in [-0.3, -0.25) is 39.3 Å². The molecule has 290 valence electrons. The monoisotopic (exact) mass is 793 g/mol. The molecule has 14 nitrogen and oxygen atoms in total. The van der Waals surface area contributed by atoms with E-state index in [1.165, 1.54) is 18.1 Å². The minimum Gasteiger partial charge on any atom is -0.359 e. The second-order valence-corrected chi connectivity index (χ2v) is 16.0. The van der Waals surface area contributed by atoms with Crippen molar-refractivity contribution in [1.82, 2.24) is 35.8 Å². The number of hydrogen-bond donors (Lipinski definition) is 4. The van der Waals surface area contributed by atoms with E-state index in [4.69, 9.17) is 0 Å².